The van der Waals surface area contributed by atoms with E-state index in [1.807, 2.05) is 43.3 Å². The van der Waals surface area contributed by atoms with Crippen molar-refractivity contribution < 1.29 is 19.4 Å². The van der Waals surface area contributed by atoms with E-state index < -0.39 is 5.54 Å². The Morgan fingerprint density at radius 1 is 1.00 bits per heavy atom. The topological polar surface area (TPSA) is 73.3 Å². The summed E-state index contributed by atoms with van der Waals surface area (Å²) in [6.07, 6.45) is 1.22. The predicted molar refractivity (Wildman–Crippen MR) is 117 cm³/mol. The number of aromatic hydroxyl groups is 1. The van der Waals surface area contributed by atoms with Gasteiger partial charge < -0.3 is 14.7 Å². The second kappa shape index (κ2) is 8.59. The molecule has 2 aliphatic heterocycles. The first kappa shape index (κ1) is 21.2. The van der Waals surface area contributed by atoms with Crippen LogP contribution >= 0.6 is 0 Å². The van der Waals surface area contributed by atoms with Crippen LogP contribution < -0.4 is 4.74 Å². The van der Waals surface area contributed by atoms with Crippen molar-refractivity contribution in [1.82, 2.24) is 14.7 Å². The number of amides is 3. The van der Waals surface area contributed by atoms with Crippen molar-refractivity contribution in [2.24, 2.45) is 0 Å². The van der Waals surface area contributed by atoms with Gasteiger partial charge in [0.1, 0.15) is 17.0 Å². The standard InChI is InChI=1S/C24H29N3O4/c1-3-27-23(30)26(17-19-7-5-9-21(15-19)31-2)22(29)24(27)10-12-25(13-11-24)16-18-6-4-8-20(28)14-18/h4-9,14-15,28H,3,10-13,16-17H2,1-2H3. The number of likely N-dealkylation sites (tertiary alicyclic amines) is 1. The fourth-order valence-electron chi connectivity index (χ4n) is 4.79. The Morgan fingerprint density at radius 3 is 2.32 bits per heavy atom. The SMILES string of the molecule is CCN1C(=O)N(Cc2cccc(OC)c2)C(=O)C12CCN(Cc1cccc(O)c1)CC2. The zero-order valence-electron chi connectivity index (χ0n) is 18.1. The molecule has 2 fully saturated rings. The second-order valence-corrected chi connectivity index (χ2v) is 8.25. The fraction of sp³-hybridized carbons (Fsp3) is 0.417. The number of ether oxygens (including phenoxy) is 1. The lowest BCUT2D eigenvalue weighted by Crippen LogP contribution is -2.56. The van der Waals surface area contributed by atoms with Gasteiger partial charge >= 0.3 is 6.03 Å². The summed E-state index contributed by atoms with van der Waals surface area (Å²) in [4.78, 5) is 32.1. The summed E-state index contributed by atoms with van der Waals surface area (Å²) in [5, 5.41) is 9.70. The van der Waals surface area contributed by atoms with Crippen molar-refractivity contribution in [3.05, 3.63) is 59.7 Å². The third-order valence-electron chi connectivity index (χ3n) is 6.41. The lowest BCUT2D eigenvalue weighted by Gasteiger charge is -2.42. The summed E-state index contributed by atoms with van der Waals surface area (Å²) in [5.74, 6) is 0.867. The number of benzene rings is 2. The van der Waals surface area contributed by atoms with E-state index in [1.165, 1.54) is 4.90 Å². The fourth-order valence-corrected chi connectivity index (χ4v) is 4.79. The van der Waals surface area contributed by atoms with Crippen LogP contribution in [0.15, 0.2) is 48.5 Å². The maximum atomic E-state index is 13.5. The zero-order chi connectivity index (χ0) is 22.0. The van der Waals surface area contributed by atoms with E-state index in [0.29, 0.717) is 31.7 Å². The molecule has 164 valence electrons. The number of rotatable bonds is 6. The van der Waals surface area contributed by atoms with Gasteiger partial charge in [-0.05, 0) is 55.2 Å². The van der Waals surface area contributed by atoms with Crippen LogP contribution in [0.2, 0.25) is 0 Å². The van der Waals surface area contributed by atoms with Gasteiger partial charge in [0.05, 0.1) is 13.7 Å². The number of phenolic OH excluding ortho intramolecular Hbond substituents is 1. The summed E-state index contributed by atoms with van der Waals surface area (Å²) < 4.78 is 5.27. The first-order chi connectivity index (χ1) is 15.0. The molecular weight excluding hydrogens is 394 g/mol. The lowest BCUT2D eigenvalue weighted by molar-refractivity contribution is -0.136. The van der Waals surface area contributed by atoms with Crippen LogP contribution in [0.25, 0.3) is 0 Å². The van der Waals surface area contributed by atoms with E-state index in [0.717, 1.165) is 24.2 Å². The number of imide groups is 1. The Morgan fingerprint density at radius 2 is 1.68 bits per heavy atom. The molecule has 7 heteroatoms. The van der Waals surface area contributed by atoms with Gasteiger partial charge in [-0.2, -0.15) is 0 Å². The lowest BCUT2D eigenvalue weighted by atomic mass is 9.85. The molecule has 3 amide bonds. The maximum Gasteiger partial charge on any atom is 0.327 e. The average Bonchev–Trinajstić information content (AvgIpc) is 2.96. The molecule has 2 aromatic carbocycles. The van der Waals surface area contributed by atoms with Gasteiger partial charge in [0.25, 0.3) is 5.91 Å². The molecule has 0 bridgehead atoms. The summed E-state index contributed by atoms with van der Waals surface area (Å²) in [6.45, 7) is 4.84. The number of hydrogen-bond donors (Lipinski definition) is 1. The van der Waals surface area contributed by atoms with Crippen LogP contribution in [0, 0.1) is 0 Å². The minimum Gasteiger partial charge on any atom is -0.508 e. The molecular formula is C24H29N3O4. The molecule has 2 aromatic rings. The van der Waals surface area contributed by atoms with Crippen molar-refractivity contribution in [3.63, 3.8) is 0 Å². The monoisotopic (exact) mass is 423 g/mol. The van der Waals surface area contributed by atoms with Crippen molar-refractivity contribution in [2.75, 3.05) is 26.7 Å². The van der Waals surface area contributed by atoms with Gasteiger partial charge in [-0.25, -0.2) is 4.79 Å². The minimum absolute atomic E-state index is 0.0980. The average molecular weight is 424 g/mol. The quantitative estimate of drug-likeness (QED) is 0.723. The molecule has 2 saturated heterocycles. The van der Waals surface area contributed by atoms with Crippen LogP contribution in [0.5, 0.6) is 11.5 Å². The molecule has 0 atom stereocenters. The number of likely N-dealkylation sites (N-methyl/N-ethyl adjacent to an activating group) is 1. The third kappa shape index (κ3) is 3.97. The molecule has 1 N–H and O–H groups in total. The van der Waals surface area contributed by atoms with Gasteiger partial charge in [0.15, 0.2) is 0 Å². The highest BCUT2D eigenvalue weighted by Gasteiger charge is 2.57. The minimum atomic E-state index is -0.764. The van der Waals surface area contributed by atoms with Gasteiger partial charge in [-0.1, -0.05) is 24.3 Å². The molecule has 0 saturated carbocycles. The highest BCUT2D eigenvalue weighted by Crippen LogP contribution is 2.38. The molecule has 0 unspecified atom stereocenters. The summed E-state index contributed by atoms with van der Waals surface area (Å²) >= 11 is 0. The number of hydrogen-bond acceptors (Lipinski definition) is 5. The number of urea groups is 1. The van der Waals surface area contributed by atoms with Crippen LogP contribution in [-0.2, 0) is 17.9 Å². The van der Waals surface area contributed by atoms with Crippen molar-refractivity contribution in [2.45, 2.75) is 38.4 Å². The van der Waals surface area contributed by atoms with Crippen molar-refractivity contribution >= 4 is 11.9 Å². The number of carbonyl (C=O) groups is 2. The Hall–Kier alpha value is -3.06. The van der Waals surface area contributed by atoms with Crippen LogP contribution in [0.3, 0.4) is 0 Å². The molecule has 7 nitrogen and oxygen atoms in total. The summed E-state index contributed by atoms with van der Waals surface area (Å²) in [7, 11) is 1.60. The van der Waals surface area contributed by atoms with Gasteiger partial charge in [0, 0.05) is 26.2 Å². The smallest absolute Gasteiger partial charge is 0.327 e. The number of piperidine rings is 1. The summed E-state index contributed by atoms with van der Waals surface area (Å²) in [6, 6.07) is 14.5. The van der Waals surface area contributed by atoms with E-state index in [-0.39, 0.29) is 24.2 Å². The molecule has 1 spiro atoms. The highest BCUT2D eigenvalue weighted by atomic mass is 16.5. The molecule has 0 aromatic heterocycles. The second-order valence-electron chi connectivity index (χ2n) is 8.25. The molecule has 31 heavy (non-hydrogen) atoms. The van der Waals surface area contributed by atoms with Crippen LogP contribution in [0.4, 0.5) is 4.79 Å². The van der Waals surface area contributed by atoms with Gasteiger partial charge in [0.2, 0.25) is 0 Å². The van der Waals surface area contributed by atoms with E-state index in [1.54, 1.807) is 24.1 Å². The Kier molecular flexibility index (Phi) is 5.87. The first-order valence-electron chi connectivity index (χ1n) is 10.7. The number of methoxy groups -OCH3 is 1. The van der Waals surface area contributed by atoms with E-state index in [9.17, 15) is 14.7 Å². The van der Waals surface area contributed by atoms with E-state index in [2.05, 4.69) is 4.90 Å². The van der Waals surface area contributed by atoms with E-state index in [4.69, 9.17) is 4.74 Å². The number of nitrogens with zero attached hydrogens (tertiary/aromatic N) is 3. The Bertz CT molecular complexity index is 969. The van der Waals surface area contributed by atoms with Gasteiger partial charge in [-0.3, -0.25) is 14.6 Å². The van der Waals surface area contributed by atoms with Crippen LogP contribution in [-0.4, -0.2) is 64.0 Å². The van der Waals surface area contributed by atoms with E-state index >= 15 is 0 Å². The predicted octanol–water partition coefficient (Wildman–Crippen LogP) is 3.22. The molecule has 2 aliphatic rings. The highest BCUT2D eigenvalue weighted by molar-refractivity contribution is 6.07. The molecule has 4 rings (SSSR count). The molecule has 0 aliphatic carbocycles. The Labute approximate surface area is 182 Å². The van der Waals surface area contributed by atoms with Crippen molar-refractivity contribution in [3.8, 4) is 11.5 Å². The largest absolute Gasteiger partial charge is 0.508 e. The zero-order valence-corrected chi connectivity index (χ0v) is 18.1. The van der Waals surface area contributed by atoms with Crippen molar-refractivity contribution in [1.29, 1.82) is 0 Å². The molecule has 2 heterocycles. The third-order valence-corrected chi connectivity index (χ3v) is 6.41. The van der Waals surface area contributed by atoms with Crippen LogP contribution in [0.1, 0.15) is 30.9 Å². The first-order valence-corrected chi connectivity index (χ1v) is 10.7. The number of carbonyl (C=O) groups excluding carboxylic acids is 2. The maximum absolute atomic E-state index is 13.5. The molecule has 0 radical (unpaired) electrons. The normalized spacial score (nSPS) is 18.8. The Balaban J connectivity index is 1.48. The summed E-state index contributed by atoms with van der Waals surface area (Å²) in [5.41, 5.74) is 1.15. The number of phenols is 1. The van der Waals surface area contributed by atoms with Gasteiger partial charge in [-0.15, -0.1) is 0 Å².